The Balaban J connectivity index is 3.08. The summed E-state index contributed by atoms with van der Waals surface area (Å²) in [5.74, 6) is 0. The van der Waals surface area contributed by atoms with Crippen LogP contribution in [0.1, 0.15) is 32.4 Å². The average Bonchev–Trinajstić information content (AvgIpc) is 2.26. The number of nitrogens with two attached hydrogens (primary N) is 1. The Morgan fingerprint density at radius 3 is 2.47 bits per heavy atom. The van der Waals surface area contributed by atoms with Gasteiger partial charge in [-0.05, 0) is 54.4 Å². The minimum atomic E-state index is 0.0623. The first kappa shape index (κ1) is 14.3. The Kier molecular flexibility index (Phi) is 5.22. The van der Waals surface area contributed by atoms with Gasteiger partial charge in [-0.2, -0.15) is 0 Å². The van der Waals surface area contributed by atoms with E-state index in [9.17, 15) is 0 Å². The Morgan fingerprint density at radius 1 is 1.41 bits per heavy atom. The molecule has 17 heavy (non-hydrogen) atoms. The van der Waals surface area contributed by atoms with Crippen LogP contribution in [0.2, 0.25) is 0 Å². The van der Waals surface area contributed by atoms with E-state index in [-0.39, 0.29) is 6.04 Å². The Labute approximate surface area is 113 Å². The van der Waals surface area contributed by atoms with Gasteiger partial charge in [-0.1, -0.05) is 12.1 Å². The first-order valence-corrected chi connectivity index (χ1v) is 6.69. The lowest BCUT2D eigenvalue weighted by atomic mass is 10.1. The fourth-order valence-electron chi connectivity index (χ4n) is 1.77. The van der Waals surface area contributed by atoms with Crippen molar-refractivity contribution < 1.29 is 0 Å². The zero-order valence-corrected chi connectivity index (χ0v) is 12.4. The lowest BCUT2D eigenvalue weighted by molar-refractivity contribution is 0.721. The SMILES string of the molecule is C=CCN(c1ccc(C(C)N)cc1Br)C(C)C. The second-order valence-electron chi connectivity index (χ2n) is 4.53. The molecular weight excluding hydrogens is 276 g/mol. The molecule has 3 heteroatoms. The van der Waals surface area contributed by atoms with E-state index in [0.29, 0.717) is 6.04 Å². The van der Waals surface area contributed by atoms with E-state index in [1.54, 1.807) is 0 Å². The van der Waals surface area contributed by atoms with Gasteiger partial charge in [0, 0.05) is 23.1 Å². The van der Waals surface area contributed by atoms with Crippen LogP contribution in [0.5, 0.6) is 0 Å². The van der Waals surface area contributed by atoms with Gasteiger partial charge in [0.25, 0.3) is 0 Å². The summed E-state index contributed by atoms with van der Waals surface area (Å²) >= 11 is 3.62. The van der Waals surface area contributed by atoms with Gasteiger partial charge in [0.15, 0.2) is 0 Å². The van der Waals surface area contributed by atoms with E-state index in [2.05, 4.69) is 59.5 Å². The molecule has 0 aliphatic carbocycles. The summed E-state index contributed by atoms with van der Waals surface area (Å²) in [6.45, 7) is 11.0. The van der Waals surface area contributed by atoms with Crippen LogP contribution in [-0.2, 0) is 0 Å². The minimum Gasteiger partial charge on any atom is -0.364 e. The molecule has 0 fully saturated rings. The van der Waals surface area contributed by atoms with Crippen molar-refractivity contribution in [3.8, 4) is 0 Å². The summed E-state index contributed by atoms with van der Waals surface area (Å²) in [5.41, 5.74) is 8.20. The number of anilines is 1. The lowest BCUT2D eigenvalue weighted by Crippen LogP contribution is -2.31. The molecule has 1 aromatic carbocycles. The molecular formula is C14H21BrN2. The van der Waals surface area contributed by atoms with Gasteiger partial charge in [-0.3, -0.25) is 0 Å². The van der Waals surface area contributed by atoms with Crippen LogP contribution in [-0.4, -0.2) is 12.6 Å². The van der Waals surface area contributed by atoms with Gasteiger partial charge in [-0.15, -0.1) is 6.58 Å². The smallest absolute Gasteiger partial charge is 0.0515 e. The molecule has 0 spiro atoms. The molecule has 1 atom stereocenters. The number of nitrogens with zero attached hydrogens (tertiary/aromatic N) is 1. The molecule has 1 aromatic rings. The van der Waals surface area contributed by atoms with Gasteiger partial charge in [0.2, 0.25) is 0 Å². The molecule has 0 aliphatic rings. The first-order chi connectivity index (χ1) is 7.97. The van der Waals surface area contributed by atoms with E-state index < -0.39 is 0 Å². The maximum absolute atomic E-state index is 5.88. The van der Waals surface area contributed by atoms with E-state index >= 15 is 0 Å². The molecule has 1 unspecified atom stereocenters. The zero-order valence-electron chi connectivity index (χ0n) is 10.8. The van der Waals surface area contributed by atoms with Crippen LogP contribution in [0.4, 0.5) is 5.69 Å². The van der Waals surface area contributed by atoms with Crippen molar-refractivity contribution in [2.75, 3.05) is 11.4 Å². The molecule has 94 valence electrons. The third-order valence-corrected chi connectivity index (χ3v) is 3.39. The topological polar surface area (TPSA) is 29.3 Å². The molecule has 0 aromatic heterocycles. The summed E-state index contributed by atoms with van der Waals surface area (Å²) in [6.07, 6.45) is 1.92. The standard InChI is InChI=1S/C14H21BrN2/c1-5-8-17(10(2)3)14-7-6-12(11(4)16)9-13(14)15/h5-7,9-11H,1,8,16H2,2-4H3. The fourth-order valence-corrected chi connectivity index (χ4v) is 2.39. The largest absolute Gasteiger partial charge is 0.364 e. The highest BCUT2D eigenvalue weighted by atomic mass is 79.9. The fraction of sp³-hybridized carbons (Fsp3) is 0.429. The summed E-state index contributed by atoms with van der Waals surface area (Å²) in [5, 5.41) is 0. The predicted octanol–water partition coefficient (Wildman–Crippen LogP) is 3.87. The van der Waals surface area contributed by atoms with E-state index in [4.69, 9.17) is 5.73 Å². The van der Waals surface area contributed by atoms with Crippen molar-refractivity contribution in [3.63, 3.8) is 0 Å². The average molecular weight is 297 g/mol. The van der Waals surface area contributed by atoms with Crippen LogP contribution in [0.25, 0.3) is 0 Å². The summed E-state index contributed by atoms with van der Waals surface area (Å²) in [4.78, 5) is 2.29. The lowest BCUT2D eigenvalue weighted by Gasteiger charge is -2.29. The molecule has 2 nitrogen and oxygen atoms in total. The Bertz CT molecular complexity index is 386. The van der Waals surface area contributed by atoms with Crippen molar-refractivity contribution >= 4 is 21.6 Å². The van der Waals surface area contributed by atoms with E-state index in [1.807, 2.05) is 13.0 Å². The number of hydrogen-bond acceptors (Lipinski definition) is 2. The Hall–Kier alpha value is -0.800. The summed E-state index contributed by atoms with van der Waals surface area (Å²) < 4.78 is 1.09. The highest BCUT2D eigenvalue weighted by Crippen LogP contribution is 2.30. The van der Waals surface area contributed by atoms with Gasteiger partial charge >= 0.3 is 0 Å². The molecule has 0 amide bonds. The third-order valence-electron chi connectivity index (χ3n) is 2.76. The van der Waals surface area contributed by atoms with Gasteiger partial charge in [-0.25, -0.2) is 0 Å². The number of hydrogen-bond donors (Lipinski definition) is 1. The molecule has 2 N–H and O–H groups in total. The van der Waals surface area contributed by atoms with Crippen LogP contribution in [0.15, 0.2) is 35.3 Å². The van der Waals surface area contributed by atoms with Crippen molar-refractivity contribution in [2.45, 2.75) is 32.9 Å². The summed E-state index contributed by atoms with van der Waals surface area (Å²) in [7, 11) is 0. The van der Waals surface area contributed by atoms with E-state index in [1.165, 1.54) is 5.69 Å². The molecule has 0 saturated carbocycles. The highest BCUT2D eigenvalue weighted by Gasteiger charge is 2.13. The van der Waals surface area contributed by atoms with Crippen LogP contribution >= 0.6 is 15.9 Å². The molecule has 1 rings (SSSR count). The van der Waals surface area contributed by atoms with Crippen molar-refractivity contribution in [1.82, 2.24) is 0 Å². The molecule has 0 aliphatic heterocycles. The first-order valence-electron chi connectivity index (χ1n) is 5.90. The van der Waals surface area contributed by atoms with Crippen LogP contribution < -0.4 is 10.6 Å². The van der Waals surface area contributed by atoms with Crippen molar-refractivity contribution in [2.24, 2.45) is 5.73 Å². The molecule has 0 saturated heterocycles. The minimum absolute atomic E-state index is 0.0623. The molecule has 0 heterocycles. The zero-order chi connectivity index (χ0) is 13.0. The maximum Gasteiger partial charge on any atom is 0.0515 e. The van der Waals surface area contributed by atoms with Gasteiger partial charge in [0.1, 0.15) is 0 Å². The molecule has 0 radical (unpaired) electrons. The monoisotopic (exact) mass is 296 g/mol. The van der Waals surface area contributed by atoms with Crippen molar-refractivity contribution in [3.05, 3.63) is 40.9 Å². The van der Waals surface area contributed by atoms with Crippen LogP contribution in [0.3, 0.4) is 0 Å². The quantitative estimate of drug-likeness (QED) is 0.836. The normalized spacial score (nSPS) is 12.6. The highest BCUT2D eigenvalue weighted by molar-refractivity contribution is 9.10. The predicted molar refractivity (Wildman–Crippen MR) is 79.4 cm³/mol. The summed E-state index contributed by atoms with van der Waals surface area (Å²) in [6, 6.07) is 6.80. The Morgan fingerprint density at radius 2 is 2.06 bits per heavy atom. The van der Waals surface area contributed by atoms with Crippen LogP contribution in [0, 0.1) is 0 Å². The second-order valence-corrected chi connectivity index (χ2v) is 5.39. The van der Waals surface area contributed by atoms with E-state index in [0.717, 1.165) is 16.6 Å². The third kappa shape index (κ3) is 3.58. The number of rotatable bonds is 5. The number of benzene rings is 1. The molecule has 0 bridgehead atoms. The number of halogens is 1. The van der Waals surface area contributed by atoms with Gasteiger partial charge in [0.05, 0.1) is 5.69 Å². The van der Waals surface area contributed by atoms with Crippen molar-refractivity contribution in [1.29, 1.82) is 0 Å². The second kappa shape index (κ2) is 6.22. The maximum atomic E-state index is 5.88. The van der Waals surface area contributed by atoms with Gasteiger partial charge < -0.3 is 10.6 Å².